The molecule has 0 unspecified atom stereocenters. The topological polar surface area (TPSA) is 129 Å². The van der Waals surface area contributed by atoms with E-state index < -0.39 is 17.8 Å². The van der Waals surface area contributed by atoms with Crippen LogP contribution in [-0.2, 0) is 4.79 Å². The van der Waals surface area contributed by atoms with Crippen LogP contribution in [-0.4, -0.2) is 43.9 Å². The molecule has 3 N–H and O–H groups in total. The highest BCUT2D eigenvalue weighted by Crippen LogP contribution is 2.30. The van der Waals surface area contributed by atoms with Crippen LogP contribution in [0.2, 0.25) is 0 Å². The molecule has 0 atom stereocenters. The van der Waals surface area contributed by atoms with Crippen molar-refractivity contribution in [3.8, 4) is 0 Å². The van der Waals surface area contributed by atoms with Gasteiger partial charge in [-0.05, 0) is 24.3 Å². The average Bonchev–Trinajstić information content (AvgIpc) is 2.60. The third kappa shape index (κ3) is 3.07. The SMILES string of the molecule is O=C(CCl)Nc1cc2ccc(C(=O)O)nc2c2nc(C(=O)O)ccc12. The third-order valence-electron chi connectivity index (χ3n) is 3.47. The number of aromatic carboxylic acids is 2. The molecule has 3 aromatic rings. The van der Waals surface area contributed by atoms with Crippen LogP contribution in [0.15, 0.2) is 30.3 Å². The summed E-state index contributed by atoms with van der Waals surface area (Å²) in [6.07, 6.45) is 0. The molecule has 0 spiro atoms. The number of hydrogen-bond donors (Lipinski definition) is 3. The number of aromatic nitrogens is 2. The van der Waals surface area contributed by atoms with E-state index in [1.54, 1.807) is 6.07 Å². The zero-order chi connectivity index (χ0) is 18.1. The summed E-state index contributed by atoms with van der Waals surface area (Å²) in [4.78, 5) is 42.1. The number of fused-ring (bicyclic) bond motifs is 3. The Morgan fingerprint density at radius 1 is 0.960 bits per heavy atom. The van der Waals surface area contributed by atoms with Crippen molar-refractivity contribution in [2.24, 2.45) is 0 Å². The summed E-state index contributed by atoms with van der Waals surface area (Å²) in [5.74, 6) is -3.15. The van der Waals surface area contributed by atoms with Gasteiger partial charge in [-0.2, -0.15) is 0 Å². The van der Waals surface area contributed by atoms with Gasteiger partial charge < -0.3 is 15.5 Å². The molecule has 9 heteroatoms. The minimum absolute atomic E-state index is 0.172. The van der Waals surface area contributed by atoms with E-state index >= 15 is 0 Å². The number of pyridine rings is 2. The highest BCUT2D eigenvalue weighted by Gasteiger charge is 2.16. The molecular weight excluding hydrogens is 350 g/mol. The van der Waals surface area contributed by atoms with E-state index in [1.807, 2.05) is 0 Å². The summed E-state index contributed by atoms with van der Waals surface area (Å²) < 4.78 is 0. The van der Waals surface area contributed by atoms with Crippen molar-refractivity contribution < 1.29 is 24.6 Å². The molecule has 0 aliphatic heterocycles. The Bertz CT molecular complexity index is 1050. The number of carbonyl (C=O) groups excluding carboxylic acids is 1. The largest absolute Gasteiger partial charge is 0.477 e. The first-order valence-electron chi connectivity index (χ1n) is 6.97. The summed E-state index contributed by atoms with van der Waals surface area (Å²) >= 11 is 5.51. The highest BCUT2D eigenvalue weighted by atomic mass is 35.5. The lowest BCUT2D eigenvalue weighted by atomic mass is 10.1. The second-order valence-corrected chi connectivity index (χ2v) is 5.34. The van der Waals surface area contributed by atoms with E-state index in [2.05, 4.69) is 15.3 Å². The molecule has 0 aliphatic rings. The first-order chi connectivity index (χ1) is 11.9. The smallest absolute Gasteiger partial charge is 0.354 e. The van der Waals surface area contributed by atoms with E-state index in [4.69, 9.17) is 21.8 Å². The van der Waals surface area contributed by atoms with Crippen LogP contribution in [0, 0.1) is 0 Å². The zero-order valence-corrected chi connectivity index (χ0v) is 13.2. The Labute approximate surface area is 145 Å². The molecule has 0 saturated heterocycles. The number of halogens is 1. The van der Waals surface area contributed by atoms with Crippen LogP contribution >= 0.6 is 11.6 Å². The predicted octanol–water partition coefficient (Wildman–Crippen LogP) is 2.36. The number of nitrogens with zero attached hydrogens (tertiary/aromatic N) is 2. The Balaban J connectivity index is 2.38. The van der Waals surface area contributed by atoms with Crippen molar-refractivity contribution in [2.45, 2.75) is 0 Å². The number of nitrogens with one attached hydrogen (secondary N) is 1. The molecule has 0 saturated carbocycles. The van der Waals surface area contributed by atoms with Crippen molar-refractivity contribution in [2.75, 3.05) is 11.2 Å². The lowest BCUT2D eigenvalue weighted by Crippen LogP contribution is -2.13. The first-order valence-corrected chi connectivity index (χ1v) is 7.51. The summed E-state index contributed by atoms with van der Waals surface area (Å²) in [6, 6.07) is 7.18. The Kier molecular flexibility index (Phi) is 4.20. The highest BCUT2D eigenvalue weighted by molar-refractivity contribution is 6.29. The molecule has 126 valence electrons. The maximum Gasteiger partial charge on any atom is 0.354 e. The lowest BCUT2D eigenvalue weighted by molar-refractivity contribution is -0.113. The van der Waals surface area contributed by atoms with Crippen molar-refractivity contribution in [3.05, 3.63) is 41.7 Å². The number of carboxylic acids is 2. The van der Waals surface area contributed by atoms with Gasteiger partial charge in [-0.3, -0.25) is 4.79 Å². The second-order valence-electron chi connectivity index (χ2n) is 5.08. The number of carbonyl (C=O) groups is 3. The summed E-state index contributed by atoms with van der Waals surface area (Å²) in [5.41, 5.74) is 0.348. The third-order valence-corrected chi connectivity index (χ3v) is 3.71. The molecule has 1 amide bonds. The number of hydrogen-bond acceptors (Lipinski definition) is 5. The van der Waals surface area contributed by atoms with E-state index in [-0.39, 0.29) is 28.3 Å². The van der Waals surface area contributed by atoms with Gasteiger partial charge in [-0.1, -0.05) is 6.07 Å². The van der Waals surface area contributed by atoms with E-state index in [9.17, 15) is 14.4 Å². The lowest BCUT2D eigenvalue weighted by Gasteiger charge is -2.11. The van der Waals surface area contributed by atoms with Crippen molar-refractivity contribution in [3.63, 3.8) is 0 Å². The summed E-state index contributed by atoms with van der Waals surface area (Å²) in [7, 11) is 0. The molecule has 0 fully saturated rings. The fraction of sp³-hybridized carbons (Fsp3) is 0.0625. The van der Waals surface area contributed by atoms with Gasteiger partial charge >= 0.3 is 11.9 Å². The maximum absolute atomic E-state index is 11.6. The summed E-state index contributed by atoms with van der Waals surface area (Å²) in [5, 5.41) is 21.8. The van der Waals surface area contributed by atoms with Crippen LogP contribution in [0.25, 0.3) is 21.8 Å². The molecule has 1 aromatic carbocycles. The Morgan fingerprint density at radius 3 is 2.16 bits per heavy atom. The van der Waals surface area contributed by atoms with E-state index in [0.29, 0.717) is 16.5 Å². The van der Waals surface area contributed by atoms with Crippen LogP contribution in [0.4, 0.5) is 5.69 Å². The Morgan fingerprint density at radius 2 is 1.56 bits per heavy atom. The molecule has 8 nitrogen and oxygen atoms in total. The molecular formula is C16H10ClN3O5. The van der Waals surface area contributed by atoms with Crippen LogP contribution in [0.1, 0.15) is 21.0 Å². The van der Waals surface area contributed by atoms with Gasteiger partial charge in [-0.15, -0.1) is 11.6 Å². The quantitative estimate of drug-likeness (QED) is 0.481. The monoisotopic (exact) mass is 359 g/mol. The van der Waals surface area contributed by atoms with Crippen LogP contribution < -0.4 is 5.32 Å². The zero-order valence-electron chi connectivity index (χ0n) is 12.5. The van der Waals surface area contributed by atoms with E-state index in [1.165, 1.54) is 24.3 Å². The average molecular weight is 360 g/mol. The molecule has 25 heavy (non-hydrogen) atoms. The second kappa shape index (κ2) is 6.33. The standard InChI is InChI=1S/C16H10ClN3O5/c17-6-12(21)18-11-5-7-1-3-9(15(22)23)19-13(7)14-8(11)2-4-10(20-14)16(24)25/h1-5H,6H2,(H,18,21)(H,22,23)(H,24,25). The molecule has 2 heterocycles. The minimum Gasteiger partial charge on any atom is -0.477 e. The number of carboxylic acid groups (broad SMARTS) is 2. The van der Waals surface area contributed by atoms with Crippen molar-refractivity contribution in [1.82, 2.24) is 9.97 Å². The van der Waals surface area contributed by atoms with Crippen LogP contribution in [0.3, 0.4) is 0 Å². The number of rotatable bonds is 4. The molecule has 0 bridgehead atoms. The maximum atomic E-state index is 11.6. The minimum atomic E-state index is -1.24. The number of anilines is 1. The van der Waals surface area contributed by atoms with Crippen molar-refractivity contribution in [1.29, 1.82) is 0 Å². The first kappa shape index (κ1) is 16.6. The van der Waals surface area contributed by atoms with Gasteiger partial charge in [0.2, 0.25) is 5.91 Å². The van der Waals surface area contributed by atoms with Gasteiger partial charge in [0.1, 0.15) is 17.3 Å². The fourth-order valence-electron chi connectivity index (χ4n) is 2.39. The normalized spacial score (nSPS) is 10.8. The van der Waals surface area contributed by atoms with Gasteiger partial charge in [0.25, 0.3) is 0 Å². The van der Waals surface area contributed by atoms with Gasteiger partial charge in [0, 0.05) is 10.8 Å². The van der Waals surface area contributed by atoms with Crippen LogP contribution in [0.5, 0.6) is 0 Å². The number of benzene rings is 1. The fourth-order valence-corrected chi connectivity index (χ4v) is 2.46. The number of alkyl halides is 1. The Hall–Kier alpha value is -3.26. The van der Waals surface area contributed by atoms with Gasteiger partial charge in [0.15, 0.2) is 0 Å². The molecule has 3 rings (SSSR count). The predicted molar refractivity (Wildman–Crippen MR) is 90.3 cm³/mol. The molecule has 0 radical (unpaired) electrons. The van der Waals surface area contributed by atoms with Gasteiger partial charge in [-0.25, -0.2) is 19.6 Å². The molecule has 2 aromatic heterocycles. The van der Waals surface area contributed by atoms with E-state index in [0.717, 1.165) is 0 Å². The van der Waals surface area contributed by atoms with Gasteiger partial charge in [0.05, 0.1) is 16.7 Å². The van der Waals surface area contributed by atoms with Crippen molar-refractivity contribution >= 4 is 56.9 Å². The summed E-state index contributed by atoms with van der Waals surface area (Å²) in [6.45, 7) is 0. The molecule has 0 aliphatic carbocycles. The number of amides is 1.